The zero-order chi connectivity index (χ0) is 31.1. The van der Waals surface area contributed by atoms with E-state index in [1.807, 2.05) is 0 Å². The lowest BCUT2D eigenvalue weighted by Gasteiger charge is -2.26. The van der Waals surface area contributed by atoms with Gasteiger partial charge in [-0.25, -0.2) is 22.0 Å². The highest BCUT2D eigenvalue weighted by molar-refractivity contribution is 7.91. The van der Waals surface area contributed by atoms with Crippen molar-refractivity contribution in [1.29, 1.82) is 0 Å². The van der Waals surface area contributed by atoms with Crippen LogP contribution < -0.4 is 10.2 Å². The third-order valence-corrected chi connectivity index (χ3v) is 9.71. The zero-order valence-corrected chi connectivity index (χ0v) is 25.4. The number of sulfone groups is 1. The minimum Gasteiger partial charge on any atom is -0.444 e. The van der Waals surface area contributed by atoms with Crippen molar-refractivity contribution in [2.24, 2.45) is 0 Å². The van der Waals surface area contributed by atoms with Crippen LogP contribution in [0.5, 0.6) is 0 Å². The van der Waals surface area contributed by atoms with Crippen molar-refractivity contribution in [2.45, 2.75) is 75.5 Å². The quantitative estimate of drug-likeness (QED) is 0.353. The summed E-state index contributed by atoms with van der Waals surface area (Å²) in [6.07, 6.45) is 0.993. The van der Waals surface area contributed by atoms with Crippen LogP contribution in [0.1, 0.15) is 71.9 Å². The van der Waals surface area contributed by atoms with Crippen LogP contribution in [0.4, 0.5) is 19.3 Å². The second kappa shape index (κ2) is 11.7. The Morgan fingerprint density at radius 2 is 1.81 bits per heavy atom. The summed E-state index contributed by atoms with van der Waals surface area (Å²) < 4.78 is 60.9. The van der Waals surface area contributed by atoms with Crippen molar-refractivity contribution in [1.82, 2.24) is 15.5 Å². The van der Waals surface area contributed by atoms with E-state index < -0.39 is 67.1 Å². The molecule has 0 saturated heterocycles. The van der Waals surface area contributed by atoms with E-state index in [2.05, 4.69) is 15.5 Å². The highest BCUT2D eigenvalue weighted by Crippen LogP contribution is 2.42. The van der Waals surface area contributed by atoms with Crippen LogP contribution in [0, 0.1) is 11.6 Å². The molecule has 1 aromatic heterocycles. The molecule has 2 heterocycles. The fraction of sp³-hybridized carbons (Fsp3) is 0.414. The SMILES string of the molecule is CC(C)(C)OC(=O)N[C@H]1CS(=O)(=O)c2cc(F)c(C(=O)CCc3ccc(F)cc3)cc2N(Cc2nnc(C3CC3)s2)C1=O. The Morgan fingerprint density at radius 1 is 1.12 bits per heavy atom. The lowest BCUT2D eigenvalue weighted by Crippen LogP contribution is -2.51. The smallest absolute Gasteiger partial charge is 0.408 e. The second-order valence-corrected chi connectivity index (χ2v) is 14.7. The van der Waals surface area contributed by atoms with Gasteiger partial charge in [0.1, 0.15) is 33.3 Å². The van der Waals surface area contributed by atoms with Gasteiger partial charge in [0.2, 0.25) is 0 Å². The number of hydrogen-bond acceptors (Lipinski definition) is 9. The van der Waals surface area contributed by atoms with Gasteiger partial charge in [0.25, 0.3) is 5.91 Å². The minimum atomic E-state index is -4.35. The molecule has 0 radical (unpaired) electrons. The molecule has 2 amide bonds. The first kappa shape index (κ1) is 30.7. The predicted octanol–water partition coefficient (Wildman–Crippen LogP) is 4.72. The number of rotatable bonds is 8. The van der Waals surface area contributed by atoms with Crippen LogP contribution in [0.25, 0.3) is 0 Å². The summed E-state index contributed by atoms with van der Waals surface area (Å²) in [6.45, 7) is 4.63. The topological polar surface area (TPSA) is 136 Å². The van der Waals surface area contributed by atoms with Gasteiger partial charge >= 0.3 is 6.09 Å². The van der Waals surface area contributed by atoms with Crippen molar-refractivity contribution in [3.63, 3.8) is 0 Å². The fourth-order valence-electron chi connectivity index (χ4n) is 4.63. The first-order valence-corrected chi connectivity index (χ1v) is 16.1. The molecule has 1 atom stereocenters. The van der Waals surface area contributed by atoms with Crippen LogP contribution in [0.2, 0.25) is 0 Å². The van der Waals surface area contributed by atoms with Crippen LogP contribution in [-0.2, 0) is 32.3 Å². The summed E-state index contributed by atoms with van der Waals surface area (Å²) in [5.74, 6) is -3.49. The summed E-state index contributed by atoms with van der Waals surface area (Å²) in [4.78, 5) is 40.2. The number of benzene rings is 2. The Balaban J connectivity index is 1.51. The van der Waals surface area contributed by atoms with Crippen molar-refractivity contribution in [3.05, 3.63) is 69.2 Å². The van der Waals surface area contributed by atoms with Crippen molar-refractivity contribution in [2.75, 3.05) is 10.7 Å². The van der Waals surface area contributed by atoms with Gasteiger partial charge in [-0.05, 0) is 69.9 Å². The number of Topliss-reactive ketones (excluding diaryl/α,β-unsaturated/α-hetero) is 1. The molecule has 2 aliphatic rings. The van der Waals surface area contributed by atoms with E-state index in [-0.39, 0.29) is 25.1 Å². The Bertz CT molecular complexity index is 1680. The van der Waals surface area contributed by atoms with Crippen LogP contribution >= 0.6 is 11.3 Å². The van der Waals surface area contributed by atoms with Crippen LogP contribution in [0.3, 0.4) is 0 Å². The normalized spacial score (nSPS) is 18.1. The van der Waals surface area contributed by atoms with E-state index in [0.29, 0.717) is 16.5 Å². The number of carbonyl (C=O) groups excluding carboxylic acids is 3. The molecule has 1 aliphatic carbocycles. The van der Waals surface area contributed by atoms with Gasteiger partial charge in [-0.2, -0.15) is 0 Å². The van der Waals surface area contributed by atoms with E-state index in [1.54, 1.807) is 20.8 Å². The molecule has 228 valence electrons. The number of alkyl carbamates (subject to hydrolysis) is 1. The van der Waals surface area contributed by atoms with Crippen LogP contribution in [0.15, 0.2) is 41.3 Å². The van der Waals surface area contributed by atoms with Crippen molar-refractivity contribution < 1.29 is 36.3 Å². The first-order valence-electron chi connectivity index (χ1n) is 13.7. The molecule has 3 aromatic rings. The number of halogens is 2. The molecule has 0 spiro atoms. The molecule has 14 heteroatoms. The molecule has 2 aromatic carbocycles. The number of nitrogens with one attached hydrogen (secondary N) is 1. The Labute approximate surface area is 251 Å². The molecule has 5 rings (SSSR count). The third kappa shape index (κ3) is 7.24. The number of fused-ring (bicyclic) bond motifs is 1. The van der Waals surface area contributed by atoms with E-state index in [4.69, 9.17) is 4.74 Å². The van der Waals surface area contributed by atoms with Gasteiger partial charge in [-0.3, -0.25) is 9.59 Å². The number of hydrogen-bond donors (Lipinski definition) is 1. The second-order valence-electron chi connectivity index (χ2n) is 11.6. The van der Waals surface area contributed by atoms with Gasteiger partial charge in [0.05, 0.1) is 28.4 Å². The maximum Gasteiger partial charge on any atom is 0.408 e. The maximum atomic E-state index is 15.4. The maximum absolute atomic E-state index is 15.4. The van der Waals surface area contributed by atoms with Gasteiger partial charge in [-0.15, -0.1) is 10.2 Å². The van der Waals surface area contributed by atoms with Gasteiger partial charge in [0.15, 0.2) is 15.6 Å². The fourth-order valence-corrected chi connectivity index (χ4v) is 7.24. The average Bonchev–Trinajstić information content (AvgIpc) is 3.67. The number of nitrogens with zero attached hydrogens (tertiary/aromatic N) is 3. The number of anilines is 1. The lowest BCUT2D eigenvalue weighted by molar-refractivity contribution is -0.120. The van der Waals surface area contributed by atoms with E-state index in [1.165, 1.54) is 35.6 Å². The molecule has 0 bridgehead atoms. The molecule has 1 N–H and O–H groups in total. The summed E-state index contributed by atoms with van der Waals surface area (Å²) in [6, 6.07) is 5.76. The molecule has 10 nitrogen and oxygen atoms in total. The minimum absolute atomic E-state index is 0.147. The molecule has 1 fully saturated rings. The highest BCUT2D eigenvalue weighted by Gasteiger charge is 2.41. The van der Waals surface area contributed by atoms with Gasteiger partial charge in [0, 0.05) is 12.3 Å². The van der Waals surface area contributed by atoms with E-state index in [0.717, 1.165) is 34.9 Å². The summed E-state index contributed by atoms with van der Waals surface area (Å²) in [7, 11) is -4.35. The lowest BCUT2D eigenvalue weighted by atomic mass is 10.0. The molecular formula is C29H30F2N4O6S2. The predicted molar refractivity (Wildman–Crippen MR) is 154 cm³/mol. The zero-order valence-electron chi connectivity index (χ0n) is 23.7. The average molecular weight is 633 g/mol. The summed E-state index contributed by atoms with van der Waals surface area (Å²) in [5.41, 5.74) is -0.864. The summed E-state index contributed by atoms with van der Waals surface area (Å²) >= 11 is 1.28. The van der Waals surface area contributed by atoms with Gasteiger partial charge in [-0.1, -0.05) is 23.5 Å². The molecule has 1 aliphatic heterocycles. The number of amides is 2. The monoisotopic (exact) mass is 632 g/mol. The standard InChI is InChI=1S/C29H30F2N4O6S2/c1-29(2,3)41-28(38)32-21-15-43(39,40)24-13-20(31)19(23(36)11-6-16-4-9-18(30)10-5-16)12-22(24)35(27(21)37)14-25-33-34-26(42-25)17-7-8-17/h4-5,9-10,12-13,17,21H,6-8,11,14-15H2,1-3H3,(H,32,38)/t21-/m0/s1. The van der Waals surface area contributed by atoms with E-state index in [9.17, 15) is 27.2 Å². The number of aromatic nitrogens is 2. The van der Waals surface area contributed by atoms with Crippen molar-refractivity contribution >= 4 is 44.6 Å². The molecule has 1 saturated carbocycles. The molecule has 0 unspecified atom stereocenters. The number of carbonyl (C=O) groups is 3. The van der Waals surface area contributed by atoms with Crippen molar-refractivity contribution in [3.8, 4) is 0 Å². The van der Waals surface area contributed by atoms with Gasteiger partial charge < -0.3 is 15.0 Å². The Morgan fingerprint density at radius 3 is 2.47 bits per heavy atom. The molecular weight excluding hydrogens is 602 g/mol. The van der Waals surface area contributed by atoms with E-state index >= 15 is 4.39 Å². The largest absolute Gasteiger partial charge is 0.444 e. The number of ether oxygens (including phenoxy) is 1. The Kier molecular flexibility index (Phi) is 8.36. The first-order chi connectivity index (χ1) is 20.2. The third-order valence-electron chi connectivity index (χ3n) is 6.87. The molecule has 43 heavy (non-hydrogen) atoms. The summed E-state index contributed by atoms with van der Waals surface area (Å²) in [5, 5.41) is 11.9. The highest BCUT2D eigenvalue weighted by atomic mass is 32.2. The van der Waals surface area contributed by atoms with Crippen LogP contribution in [-0.4, -0.2) is 53.8 Å². The Hall–Kier alpha value is -3.78. The number of aryl methyl sites for hydroxylation is 1. The number of ketones is 1.